The Balaban J connectivity index is 2.62. The second-order valence-electron chi connectivity index (χ2n) is 4.48. The van der Waals surface area contributed by atoms with Crippen molar-refractivity contribution in [2.24, 2.45) is 0 Å². The molecule has 0 aromatic heterocycles. The van der Waals surface area contributed by atoms with Gasteiger partial charge in [-0.25, -0.2) is 4.79 Å². The third kappa shape index (κ3) is 3.09. The molecule has 0 N–H and O–H groups in total. The Hall–Kier alpha value is -0.770. The molecule has 0 aromatic rings. The average molecular weight is 214 g/mol. The second-order valence-corrected chi connectivity index (χ2v) is 4.48. The Morgan fingerprint density at radius 2 is 1.60 bits per heavy atom. The molecule has 1 aliphatic rings. The van der Waals surface area contributed by atoms with Crippen LogP contribution in [0.5, 0.6) is 0 Å². The molecular weight excluding hydrogens is 192 g/mol. The van der Waals surface area contributed by atoms with Crippen molar-refractivity contribution in [3.8, 4) is 0 Å². The van der Waals surface area contributed by atoms with E-state index in [1.54, 1.807) is 0 Å². The maximum atomic E-state index is 12.2. The molecule has 0 unspecified atom stereocenters. The minimum Gasteiger partial charge on any atom is -0.378 e. The fourth-order valence-electron chi connectivity index (χ4n) is 1.96. The van der Waals surface area contributed by atoms with Gasteiger partial charge in [-0.3, -0.25) is 0 Å². The minimum absolute atomic E-state index is 0.142. The highest BCUT2D eigenvalue weighted by molar-refractivity contribution is 5.75. The van der Waals surface area contributed by atoms with Crippen LogP contribution in [0.3, 0.4) is 0 Å². The zero-order valence-electron chi connectivity index (χ0n) is 10.2. The summed E-state index contributed by atoms with van der Waals surface area (Å²) < 4.78 is 5.24. The van der Waals surface area contributed by atoms with E-state index in [1.807, 2.05) is 9.80 Å². The maximum Gasteiger partial charge on any atom is 0.320 e. The summed E-state index contributed by atoms with van der Waals surface area (Å²) in [7, 11) is 0. The van der Waals surface area contributed by atoms with Crippen LogP contribution >= 0.6 is 0 Å². The second kappa shape index (κ2) is 5.35. The van der Waals surface area contributed by atoms with Crippen molar-refractivity contribution in [1.82, 2.24) is 9.80 Å². The van der Waals surface area contributed by atoms with Gasteiger partial charge < -0.3 is 14.5 Å². The first-order valence-corrected chi connectivity index (χ1v) is 5.69. The van der Waals surface area contributed by atoms with Crippen LogP contribution in [0.2, 0.25) is 0 Å². The van der Waals surface area contributed by atoms with Gasteiger partial charge in [0.15, 0.2) is 0 Å². The van der Waals surface area contributed by atoms with Gasteiger partial charge in [0.05, 0.1) is 13.2 Å². The number of nitrogens with zero attached hydrogens (tertiary/aromatic N) is 2. The molecule has 0 aliphatic carbocycles. The fraction of sp³-hybridized carbons (Fsp3) is 0.909. The maximum absolute atomic E-state index is 12.2. The van der Waals surface area contributed by atoms with Gasteiger partial charge in [-0.15, -0.1) is 0 Å². The Bertz CT molecular complexity index is 203. The summed E-state index contributed by atoms with van der Waals surface area (Å²) >= 11 is 0. The molecule has 2 amide bonds. The van der Waals surface area contributed by atoms with Gasteiger partial charge >= 0.3 is 6.03 Å². The number of carbonyl (C=O) groups excluding carboxylic acids is 1. The third-order valence-corrected chi connectivity index (χ3v) is 2.62. The summed E-state index contributed by atoms with van der Waals surface area (Å²) in [5.41, 5.74) is 0. The molecule has 0 radical (unpaired) electrons. The number of morpholine rings is 1. The summed E-state index contributed by atoms with van der Waals surface area (Å²) in [5.74, 6) is 0. The predicted molar refractivity (Wildman–Crippen MR) is 59.9 cm³/mol. The van der Waals surface area contributed by atoms with Crippen molar-refractivity contribution in [2.75, 3.05) is 26.3 Å². The smallest absolute Gasteiger partial charge is 0.320 e. The van der Waals surface area contributed by atoms with E-state index in [4.69, 9.17) is 4.74 Å². The van der Waals surface area contributed by atoms with Crippen molar-refractivity contribution in [2.45, 2.75) is 39.8 Å². The van der Waals surface area contributed by atoms with E-state index in [1.165, 1.54) is 0 Å². The highest BCUT2D eigenvalue weighted by Gasteiger charge is 2.26. The van der Waals surface area contributed by atoms with Gasteiger partial charge in [-0.2, -0.15) is 0 Å². The molecule has 1 aliphatic heterocycles. The quantitative estimate of drug-likeness (QED) is 0.699. The largest absolute Gasteiger partial charge is 0.378 e. The molecule has 0 aromatic carbocycles. The summed E-state index contributed by atoms with van der Waals surface area (Å²) in [4.78, 5) is 16.0. The SMILES string of the molecule is CC(C)N(C(=O)N1CCOCC1)C(C)C. The van der Waals surface area contributed by atoms with E-state index >= 15 is 0 Å². The predicted octanol–water partition coefficient (Wildman–Crippen LogP) is 1.56. The Morgan fingerprint density at radius 1 is 1.13 bits per heavy atom. The van der Waals surface area contributed by atoms with Crippen LogP contribution in [-0.2, 0) is 4.74 Å². The van der Waals surface area contributed by atoms with E-state index in [-0.39, 0.29) is 18.1 Å². The lowest BCUT2D eigenvalue weighted by atomic mass is 10.2. The van der Waals surface area contributed by atoms with Crippen molar-refractivity contribution >= 4 is 6.03 Å². The molecule has 0 saturated carbocycles. The molecule has 0 bridgehead atoms. The average Bonchev–Trinajstić information content (AvgIpc) is 2.18. The van der Waals surface area contributed by atoms with E-state index in [2.05, 4.69) is 27.7 Å². The Morgan fingerprint density at radius 3 is 2.00 bits per heavy atom. The van der Waals surface area contributed by atoms with Crippen LogP contribution < -0.4 is 0 Å². The topological polar surface area (TPSA) is 32.8 Å². The molecule has 0 atom stereocenters. The molecule has 88 valence electrons. The molecule has 4 nitrogen and oxygen atoms in total. The van der Waals surface area contributed by atoms with Crippen molar-refractivity contribution in [3.63, 3.8) is 0 Å². The van der Waals surface area contributed by atoms with Crippen LogP contribution in [0.15, 0.2) is 0 Å². The van der Waals surface area contributed by atoms with Gasteiger partial charge in [0, 0.05) is 25.2 Å². The first-order valence-electron chi connectivity index (χ1n) is 5.69. The zero-order valence-corrected chi connectivity index (χ0v) is 10.2. The number of rotatable bonds is 2. The lowest BCUT2D eigenvalue weighted by Gasteiger charge is -2.37. The van der Waals surface area contributed by atoms with E-state index < -0.39 is 0 Å². The Kier molecular flexibility index (Phi) is 4.39. The molecule has 1 fully saturated rings. The first-order chi connectivity index (χ1) is 7.04. The van der Waals surface area contributed by atoms with Gasteiger partial charge in [0.25, 0.3) is 0 Å². The fourth-order valence-corrected chi connectivity index (χ4v) is 1.96. The van der Waals surface area contributed by atoms with Crippen LogP contribution in [0.1, 0.15) is 27.7 Å². The molecular formula is C11H22N2O2. The number of hydrogen-bond acceptors (Lipinski definition) is 2. The summed E-state index contributed by atoms with van der Waals surface area (Å²) in [6.07, 6.45) is 0. The number of urea groups is 1. The van der Waals surface area contributed by atoms with Crippen molar-refractivity contribution < 1.29 is 9.53 Å². The molecule has 1 heterocycles. The van der Waals surface area contributed by atoms with Crippen LogP contribution in [-0.4, -0.2) is 54.2 Å². The molecule has 4 heteroatoms. The molecule has 15 heavy (non-hydrogen) atoms. The van der Waals surface area contributed by atoms with E-state index in [9.17, 15) is 4.79 Å². The van der Waals surface area contributed by atoms with Crippen LogP contribution in [0, 0.1) is 0 Å². The number of amides is 2. The molecule has 1 rings (SSSR count). The standard InChI is InChI=1S/C11H22N2O2/c1-9(2)13(10(3)4)11(14)12-5-7-15-8-6-12/h9-10H,5-8H2,1-4H3. The van der Waals surface area contributed by atoms with E-state index in [0.717, 1.165) is 13.1 Å². The van der Waals surface area contributed by atoms with Gasteiger partial charge in [0.2, 0.25) is 0 Å². The number of hydrogen-bond donors (Lipinski definition) is 0. The van der Waals surface area contributed by atoms with Crippen LogP contribution in [0.25, 0.3) is 0 Å². The summed E-state index contributed by atoms with van der Waals surface area (Å²) in [5, 5.41) is 0. The lowest BCUT2D eigenvalue weighted by Crippen LogP contribution is -2.52. The van der Waals surface area contributed by atoms with E-state index in [0.29, 0.717) is 13.2 Å². The van der Waals surface area contributed by atoms with Crippen molar-refractivity contribution in [3.05, 3.63) is 0 Å². The van der Waals surface area contributed by atoms with Crippen molar-refractivity contribution in [1.29, 1.82) is 0 Å². The zero-order chi connectivity index (χ0) is 11.4. The summed E-state index contributed by atoms with van der Waals surface area (Å²) in [6, 6.07) is 0.643. The monoisotopic (exact) mass is 214 g/mol. The first kappa shape index (κ1) is 12.3. The number of ether oxygens (including phenoxy) is 1. The van der Waals surface area contributed by atoms with Gasteiger partial charge in [-0.1, -0.05) is 0 Å². The normalized spacial score (nSPS) is 17.3. The molecule has 1 saturated heterocycles. The molecule has 0 spiro atoms. The third-order valence-electron chi connectivity index (χ3n) is 2.62. The van der Waals surface area contributed by atoms with Gasteiger partial charge in [-0.05, 0) is 27.7 Å². The minimum atomic E-state index is 0.142. The highest BCUT2D eigenvalue weighted by atomic mass is 16.5. The summed E-state index contributed by atoms with van der Waals surface area (Å²) in [6.45, 7) is 11.0. The Labute approximate surface area is 92.2 Å². The van der Waals surface area contributed by atoms with Gasteiger partial charge in [0.1, 0.15) is 0 Å². The lowest BCUT2D eigenvalue weighted by molar-refractivity contribution is 0.0370. The highest BCUT2D eigenvalue weighted by Crippen LogP contribution is 2.10. The van der Waals surface area contributed by atoms with Crippen LogP contribution in [0.4, 0.5) is 4.79 Å². The number of carbonyl (C=O) groups is 1.